The predicted molar refractivity (Wildman–Crippen MR) is 105 cm³/mol. The fourth-order valence-electron chi connectivity index (χ4n) is 2.54. The van der Waals surface area contributed by atoms with Gasteiger partial charge in [0, 0.05) is 17.9 Å². The summed E-state index contributed by atoms with van der Waals surface area (Å²) in [7, 11) is 0. The number of esters is 1. The van der Waals surface area contributed by atoms with E-state index >= 15 is 0 Å². The highest BCUT2D eigenvalue weighted by molar-refractivity contribution is 9.11. The molecule has 0 spiro atoms. The standard InChI is InChI=1S/C19H25BrO4S/c1-4-22-16(19(21)23-5-2)11-14-6-8-15(9-7-14)24-12-17-13(3)10-18(20)25-17/h6-9,16,18H,4-5,10-12H2,1-3H3/t16-,18?/m0/s1. The quantitative estimate of drug-likeness (QED) is 0.420. The molecule has 138 valence electrons. The van der Waals surface area contributed by atoms with Crippen molar-refractivity contribution in [2.45, 2.75) is 43.9 Å². The van der Waals surface area contributed by atoms with Gasteiger partial charge < -0.3 is 14.2 Å². The molecule has 0 saturated heterocycles. The minimum Gasteiger partial charge on any atom is -0.488 e. The van der Waals surface area contributed by atoms with Crippen LogP contribution in [0.2, 0.25) is 0 Å². The van der Waals surface area contributed by atoms with Crippen molar-refractivity contribution in [3.05, 3.63) is 40.3 Å². The molecule has 0 amide bonds. The van der Waals surface area contributed by atoms with Gasteiger partial charge in [0.05, 0.1) is 10.8 Å². The molecule has 0 aromatic heterocycles. The van der Waals surface area contributed by atoms with E-state index in [1.54, 1.807) is 6.92 Å². The summed E-state index contributed by atoms with van der Waals surface area (Å²) in [5.41, 5.74) is 2.41. The Hall–Kier alpha value is -0.980. The van der Waals surface area contributed by atoms with Crippen LogP contribution in [0, 0.1) is 0 Å². The van der Waals surface area contributed by atoms with E-state index in [9.17, 15) is 4.79 Å². The van der Waals surface area contributed by atoms with E-state index in [-0.39, 0.29) is 5.97 Å². The summed E-state index contributed by atoms with van der Waals surface area (Å²) in [6, 6.07) is 7.81. The van der Waals surface area contributed by atoms with Gasteiger partial charge in [-0.3, -0.25) is 0 Å². The molecule has 0 fully saturated rings. The Kier molecular flexibility index (Phi) is 8.33. The fraction of sp³-hybridized carbons (Fsp3) is 0.526. The summed E-state index contributed by atoms with van der Waals surface area (Å²) in [5, 5.41) is 0. The van der Waals surface area contributed by atoms with Gasteiger partial charge in [0.2, 0.25) is 0 Å². The molecule has 1 aromatic carbocycles. The average molecular weight is 429 g/mol. The minimum absolute atomic E-state index is 0.310. The van der Waals surface area contributed by atoms with Crippen molar-refractivity contribution in [1.82, 2.24) is 0 Å². The van der Waals surface area contributed by atoms with Crippen LogP contribution in [0.15, 0.2) is 34.7 Å². The molecule has 1 heterocycles. The zero-order chi connectivity index (χ0) is 18.2. The van der Waals surface area contributed by atoms with Gasteiger partial charge in [-0.15, -0.1) is 11.8 Å². The smallest absolute Gasteiger partial charge is 0.335 e. The van der Waals surface area contributed by atoms with Gasteiger partial charge in [-0.25, -0.2) is 4.79 Å². The molecule has 6 heteroatoms. The third kappa shape index (κ3) is 6.35. The molecule has 1 unspecified atom stereocenters. The van der Waals surface area contributed by atoms with E-state index in [2.05, 4.69) is 22.9 Å². The van der Waals surface area contributed by atoms with Gasteiger partial charge in [0.25, 0.3) is 0 Å². The lowest BCUT2D eigenvalue weighted by Crippen LogP contribution is -2.28. The maximum Gasteiger partial charge on any atom is 0.335 e. The van der Waals surface area contributed by atoms with Crippen LogP contribution in [-0.2, 0) is 20.7 Å². The second-order valence-corrected chi connectivity index (χ2v) is 8.78. The minimum atomic E-state index is -0.560. The normalized spacial score (nSPS) is 18.3. The van der Waals surface area contributed by atoms with Crippen LogP contribution in [0.4, 0.5) is 0 Å². The Morgan fingerprint density at radius 1 is 1.28 bits per heavy atom. The molecular weight excluding hydrogens is 404 g/mol. The van der Waals surface area contributed by atoms with Gasteiger partial charge in [-0.1, -0.05) is 33.6 Å². The SMILES string of the molecule is CCOC(=O)[C@H](Cc1ccc(OCC2=C(C)CC(Br)S2)cc1)OCC. The van der Waals surface area contributed by atoms with Gasteiger partial charge in [-0.2, -0.15) is 0 Å². The Bertz CT molecular complexity index is 600. The molecule has 1 aromatic rings. The lowest BCUT2D eigenvalue weighted by Gasteiger charge is -2.16. The van der Waals surface area contributed by atoms with E-state index < -0.39 is 6.10 Å². The van der Waals surface area contributed by atoms with Crippen LogP contribution in [-0.4, -0.2) is 36.1 Å². The lowest BCUT2D eigenvalue weighted by atomic mass is 10.1. The Morgan fingerprint density at radius 3 is 2.56 bits per heavy atom. The number of hydrogen-bond donors (Lipinski definition) is 0. The Morgan fingerprint density at radius 2 is 2.00 bits per heavy atom. The largest absolute Gasteiger partial charge is 0.488 e. The molecule has 4 nitrogen and oxygen atoms in total. The molecule has 1 aliphatic heterocycles. The van der Waals surface area contributed by atoms with Crippen LogP contribution < -0.4 is 4.74 Å². The van der Waals surface area contributed by atoms with Gasteiger partial charge in [0.15, 0.2) is 6.10 Å². The zero-order valence-electron chi connectivity index (χ0n) is 14.9. The number of rotatable bonds is 9. The van der Waals surface area contributed by atoms with Crippen molar-refractivity contribution in [3.63, 3.8) is 0 Å². The van der Waals surface area contributed by atoms with Gasteiger partial charge in [0.1, 0.15) is 12.4 Å². The fourth-order valence-corrected chi connectivity index (χ4v) is 4.76. The first-order valence-corrected chi connectivity index (χ1v) is 10.3. The molecule has 0 saturated carbocycles. The molecule has 2 atom stereocenters. The van der Waals surface area contributed by atoms with Crippen molar-refractivity contribution in [3.8, 4) is 5.75 Å². The molecule has 2 rings (SSSR count). The second kappa shape index (κ2) is 10.2. The third-order valence-electron chi connectivity index (χ3n) is 3.84. The number of thioether (sulfide) groups is 1. The van der Waals surface area contributed by atoms with Crippen LogP contribution in [0.5, 0.6) is 5.75 Å². The predicted octanol–water partition coefficient (Wildman–Crippen LogP) is 4.71. The molecule has 25 heavy (non-hydrogen) atoms. The Balaban J connectivity index is 1.90. The number of ether oxygens (including phenoxy) is 3. The van der Waals surface area contributed by atoms with Crippen molar-refractivity contribution < 1.29 is 19.0 Å². The van der Waals surface area contributed by atoms with Crippen molar-refractivity contribution in [1.29, 1.82) is 0 Å². The third-order valence-corrected chi connectivity index (χ3v) is 5.90. The van der Waals surface area contributed by atoms with Crippen molar-refractivity contribution in [2.24, 2.45) is 0 Å². The van der Waals surface area contributed by atoms with Crippen LogP contribution in [0.3, 0.4) is 0 Å². The lowest BCUT2D eigenvalue weighted by molar-refractivity contribution is -0.156. The number of halogens is 1. The number of benzene rings is 1. The van der Waals surface area contributed by atoms with E-state index in [0.717, 1.165) is 17.7 Å². The molecule has 0 radical (unpaired) electrons. The highest BCUT2D eigenvalue weighted by Gasteiger charge is 2.21. The number of carbonyl (C=O) groups is 1. The summed E-state index contributed by atoms with van der Waals surface area (Å²) in [6.45, 7) is 7.26. The summed E-state index contributed by atoms with van der Waals surface area (Å²) in [6.07, 6.45) is 1.00. The monoisotopic (exact) mass is 428 g/mol. The van der Waals surface area contributed by atoms with Crippen LogP contribution in [0.25, 0.3) is 0 Å². The first kappa shape index (κ1) is 20.3. The van der Waals surface area contributed by atoms with Gasteiger partial charge >= 0.3 is 5.97 Å². The van der Waals surface area contributed by atoms with Gasteiger partial charge in [-0.05, 0) is 44.9 Å². The molecule has 0 aliphatic carbocycles. The van der Waals surface area contributed by atoms with Crippen molar-refractivity contribution >= 4 is 33.7 Å². The van der Waals surface area contributed by atoms with E-state index in [1.807, 2.05) is 43.0 Å². The molecule has 0 bridgehead atoms. The van der Waals surface area contributed by atoms with E-state index in [1.165, 1.54) is 10.5 Å². The number of allylic oxidation sites excluding steroid dienone is 1. The number of alkyl halides is 1. The first-order chi connectivity index (χ1) is 12.0. The topological polar surface area (TPSA) is 44.8 Å². The summed E-state index contributed by atoms with van der Waals surface area (Å²) < 4.78 is 16.9. The number of hydrogen-bond acceptors (Lipinski definition) is 5. The van der Waals surface area contributed by atoms with E-state index in [0.29, 0.717) is 30.4 Å². The maximum atomic E-state index is 11.9. The first-order valence-electron chi connectivity index (χ1n) is 8.52. The van der Waals surface area contributed by atoms with E-state index in [4.69, 9.17) is 14.2 Å². The Labute approximate surface area is 162 Å². The highest BCUT2D eigenvalue weighted by atomic mass is 79.9. The zero-order valence-corrected chi connectivity index (χ0v) is 17.3. The van der Waals surface area contributed by atoms with Crippen LogP contribution in [0.1, 0.15) is 32.8 Å². The second-order valence-electron chi connectivity index (χ2n) is 5.77. The summed E-state index contributed by atoms with van der Waals surface area (Å²) in [5.74, 6) is 0.515. The van der Waals surface area contributed by atoms with Crippen molar-refractivity contribution in [2.75, 3.05) is 19.8 Å². The highest BCUT2D eigenvalue weighted by Crippen LogP contribution is 2.40. The van der Waals surface area contributed by atoms with Crippen LogP contribution >= 0.6 is 27.7 Å². The molecule has 1 aliphatic rings. The summed E-state index contributed by atoms with van der Waals surface area (Å²) in [4.78, 5) is 13.2. The summed E-state index contributed by atoms with van der Waals surface area (Å²) >= 11 is 5.45. The average Bonchev–Trinajstić information content (AvgIpc) is 2.91. The molecule has 0 N–H and O–H groups in total. The maximum absolute atomic E-state index is 11.9. The number of carbonyl (C=O) groups excluding carboxylic acids is 1. The molecular formula is C19H25BrO4S.